The molecule has 4 N–H and O–H groups in total. The van der Waals surface area contributed by atoms with Crippen molar-refractivity contribution < 1.29 is 38.3 Å². The minimum atomic E-state index is -4.04. The van der Waals surface area contributed by atoms with E-state index in [2.05, 4.69) is 5.32 Å². The predicted molar refractivity (Wildman–Crippen MR) is 130 cm³/mol. The lowest BCUT2D eigenvalue weighted by Gasteiger charge is -2.22. The number of unbranched alkanes of at least 4 members (excludes halogenated alkanes) is 1. The lowest BCUT2D eigenvalue weighted by Crippen LogP contribution is -2.38. The second-order valence-corrected chi connectivity index (χ2v) is 10.2. The Bertz CT molecular complexity index is 1230. The van der Waals surface area contributed by atoms with Crippen molar-refractivity contribution in [3.05, 3.63) is 40.2 Å². The van der Waals surface area contributed by atoms with Crippen LogP contribution in [0.3, 0.4) is 0 Å². The Morgan fingerprint density at radius 2 is 2.06 bits per heavy atom. The van der Waals surface area contributed by atoms with E-state index in [-0.39, 0.29) is 36.1 Å². The average molecular weight is 527 g/mol. The summed E-state index contributed by atoms with van der Waals surface area (Å²) in [5.41, 5.74) is 0.608. The Morgan fingerprint density at radius 3 is 2.71 bits per heavy atom. The van der Waals surface area contributed by atoms with Crippen LogP contribution in [-0.4, -0.2) is 62.9 Å². The van der Waals surface area contributed by atoms with Gasteiger partial charge in [-0.25, -0.2) is 9.59 Å². The van der Waals surface area contributed by atoms with Gasteiger partial charge in [0.2, 0.25) is 0 Å². The minimum Gasteiger partial charge on any atom is -0.423 e. The van der Waals surface area contributed by atoms with Gasteiger partial charge in [-0.05, 0) is 42.8 Å². The largest absolute Gasteiger partial charge is 0.423 e. The number of aliphatic hydroxyl groups is 1. The first-order valence-corrected chi connectivity index (χ1v) is 13.0. The van der Waals surface area contributed by atoms with Gasteiger partial charge in [0.15, 0.2) is 11.3 Å². The number of anilines is 1. The lowest BCUT2D eigenvalue weighted by molar-refractivity contribution is -0.220. The van der Waals surface area contributed by atoms with Crippen molar-refractivity contribution in [2.75, 3.05) is 24.7 Å². The molecule has 1 aliphatic heterocycles. The molecule has 2 heterocycles. The molecule has 1 aromatic carbocycles. The van der Waals surface area contributed by atoms with Crippen molar-refractivity contribution in [2.45, 2.75) is 38.3 Å². The summed E-state index contributed by atoms with van der Waals surface area (Å²) < 4.78 is 16.2. The van der Waals surface area contributed by atoms with E-state index in [4.69, 9.17) is 31.3 Å². The third-order valence-electron chi connectivity index (χ3n) is 5.28. The van der Waals surface area contributed by atoms with Crippen LogP contribution in [0.25, 0.3) is 11.0 Å². The highest BCUT2D eigenvalue weighted by molar-refractivity contribution is 7.80. The van der Waals surface area contributed by atoms with Crippen LogP contribution in [0.2, 0.25) is 0 Å². The number of amides is 1. The van der Waals surface area contributed by atoms with E-state index < -0.39 is 31.3 Å². The molecule has 2 aromatic rings. The zero-order chi connectivity index (χ0) is 25.8. The van der Waals surface area contributed by atoms with Gasteiger partial charge >= 0.3 is 19.2 Å². The zero-order valence-corrected chi connectivity index (χ0v) is 20.6. The number of nitrogens with zero attached hydrogens (tertiary/aromatic N) is 2. The molecule has 1 unspecified atom stereocenters. The van der Waals surface area contributed by atoms with E-state index in [0.717, 1.165) is 0 Å². The Balaban J connectivity index is 1.71. The SMILES string of the molecule is CN(C(=S)NCCCCP(=O)(O)O)c1cc(=O)oc2ccc(CC(=O)ON3C(=O)CCC3O)cc12. The first kappa shape index (κ1) is 26.8. The number of thiocarbonyl (C=S) groups is 1. The number of fused-ring (bicyclic) bond motifs is 1. The molecule has 0 aliphatic carbocycles. The van der Waals surface area contributed by atoms with Crippen molar-refractivity contribution in [1.29, 1.82) is 0 Å². The summed E-state index contributed by atoms with van der Waals surface area (Å²) in [6, 6.07) is 6.00. The highest BCUT2D eigenvalue weighted by atomic mass is 32.1. The van der Waals surface area contributed by atoms with Crippen molar-refractivity contribution in [1.82, 2.24) is 10.4 Å². The molecule has 0 saturated carbocycles. The van der Waals surface area contributed by atoms with Gasteiger partial charge in [0, 0.05) is 44.0 Å². The Morgan fingerprint density at radius 1 is 1.31 bits per heavy atom. The summed E-state index contributed by atoms with van der Waals surface area (Å²) in [5, 5.41) is 14.2. The maximum absolute atomic E-state index is 12.3. The van der Waals surface area contributed by atoms with Gasteiger partial charge in [-0.2, -0.15) is 0 Å². The number of nitrogens with one attached hydrogen (secondary N) is 1. The number of aliphatic hydroxyl groups excluding tert-OH is 1. The van der Waals surface area contributed by atoms with E-state index >= 15 is 0 Å². The molecule has 0 spiro atoms. The monoisotopic (exact) mass is 527 g/mol. The van der Waals surface area contributed by atoms with Crippen LogP contribution in [0.1, 0.15) is 31.2 Å². The Labute approximate surface area is 205 Å². The normalized spacial score (nSPS) is 15.9. The van der Waals surface area contributed by atoms with Crippen molar-refractivity contribution in [3.63, 3.8) is 0 Å². The summed E-state index contributed by atoms with van der Waals surface area (Å²) in [6.45, 7) is 0.376. The van der Waals surface area contributed by atoms with Crippen LogP contribution in [0, 0.1) is 0 Å². The van der Waals surface area contributed by atoms with Gasteiger partial charge in [0.25, 0.3) is 5.91 Å². The molecule has 1 aromatic heterocycles. The zero-order valence-electron chi connectivity index (χ0n) is 18.9. The van der Waals surface area contributed by atoms with Crippen molar-refractivity contribution in [2.24, 2.45) is 0 Å². The summed E-state index contributed by atoms with van der Waals surface area (Å²) >= 11 is 5.39. The van der Waals surface area contributed by atoms with E-state index in [9.17, 15) is 24.1 Å². The molecule has 0 bridgehead atoms. The fraction of sp³-hybridized carbons (Fsp3) is 0.429. The quantitative estimate of drug-likeness (QED) is 0.158. The predicted octanol–water partition coefficient (Wildman–Crippen LogP) is 1.00. The van der Waals surface area contributed by atoms with Crippen LogP contribution < -0.4 is 15.8 Å². The number of benzene rings is 1. The summed E-state index contributed by atoms with van der Waals surface area (Å²) in [5.74, 6) is -1.21. The molecule has 1 saturated heterocycles. The molecule has 1 amide bonds. The number of carbonyl (C=O) groups excluding carboxylic acids is 2. The van der Waals surface area contributed by atoms with Gasteiger partial charge in [0.05, 0.1) is 12.1 Å². The second kappa shape index (κ2) is 11.3. The molecule has 12 nitrogen and oxygen atoms in total. The molecule has 1 atom stereocenters. The van der Waals surface area contributed by atoms with Gasteiger partial charge in [-0.3, -0.25) is 9.36 Å². The molecule has 14 heteroatoms. The fourth-order valence-electron chi connectivity index (χ4n) is 3.51. The minimum absolute atomic E-state index is 0.0940. The molecular weight excluding hydrogens is 501 g/mol. The molecule has 190 valence electrons. The van der Waals surface area contributed by atoms with E-state index in [0.29, 0.717) is 41.1 Å². The maximum Gasteiger partial charge on any atom is 0.338 e. The van der Waals surface area contributed by atoms with Gasteiger partial charge < -0.3 is 34.4 Å². The molecule has 3 rings (SSSR count). The van der Waals surface area contributed by atoms with Crippen LogP contribution in [-0.2, 0) is 25.4 Å². The van der Waals surface area contributed by atoms with Gasteiger partial charge in [0.1, 0.15) is 5.58 Å². The third-order valence-corrected chi connectivity index (χ3v) is 6.60. The molecule has 1 fully saturated rings. The number of hydroxylamine groups is 2. The van der Waals surface area contributed by atoms with Gasteiger partial charge in [-0.15, -0.1) is 5.06 Å². The fourth-order valence-corrected chi connectivity index (χ4v) is 4.35. The van der Waals surface area contributed by atoms with E-state index in [1.807, 2.05) is 0 Å². The lowest BCUT2D eigenvalue weighted by atomic mass is 10.1. The van der Waals surface area contributed by atoms with Crippen LogP contribution in [0.15, 0.2) is 33.5 Å². The van der Waals surface area contributed by atoms with Crippen molar-refractivity contribution in [3.8, 4) is 0 Å². The average Bonchev–Trinajstić information content (AvgIpc) is 3.09. The molecule has 35 heavy (non-hydrogen) atoms. The Hall–Kier alpha value is -2.83. The molecule has 1 aliphatic rings. The van der Waals surface area contributed by atoms with Crippen LogP contribution >= 0.6 is 19.8 Å². The van der Waals surface area contributed by atoms with E-state index in [1.54, 1.807) is 24.1 Å². The number of rotatable bonds is 9. The standard InChI is InChI=1S/C21H26N3O9PS/c1-23(21(35)22-8-2-3-9-34(29,30)31)15-12-19(27)32-16-5-4-13(10-14(15)16)11-20(28)33-24-17(25)6-7-18(24)26/h4-5,10,12,17,25H,2-3,6-9,11H2,1H3,(H,22,35)(H2,29,30,31). The van der Waals surface area contributed by atoms with Crippen LogP contribution in [0.5, 0.6) is 0 Å². The maximum atomic E-state index is 12.3. The molecular formula is C21H26N3O9PS. The number of carbonyl (C=O) groups is 2. The summed E-state index contributed by atoms with van der Waals surface area (Å²) in [4.78, 5) is 60.5. The topological polar surface area (TPSA) is 170 Å². The third kappa shape index (κ3) is 7.33. The number of hydrogen-bond acceptors (Lipinski definition) is 8. The molecule has 0 radical (unpaired) electrons. The Kier molecular flexibility index (Phi) is 8.62. The first-order chi connectivity index (χ1) is 16.4. The highest BCUT2D eigenvalue weighted by Crippen LogP contribution is 2.35. The second-order valence-electron chi connectivity index (χ2n) is 8.05. The smallest absolute Gasteiger partial charge is 0.338 e. The van der Waals surface area contributed by atoms with Crippen molar-refractivity contribution >= 4 is 53.5 Å². The summed E-state index contributed by atoms with van der Waals surface area (Å²) in [6.07, 6.45) is -0.485. The van der Waals surface area contributed by atoms with E-state index in [1.165, 1.54) is 12.1 Å². The first-order valence-electron chi connectivity index (χ1n) is 10.8. The van der Waals surface area contributed by atoms with Gasteiger partial charge in [-0.1, -0.05) is 6.07 Å². The van der Waals surface area contributed by atoms with Crippen LogP contribution in [0.4, 0.5) is 5.69 Å². The number of hydrogen-bond donors (Lipinski definition) is 4. The highest BCUT2D eigenvalue weighted by Gasteiger charge is 2.33. The summed E-state index contributed by atoms with van der Waals surface area (Å²) in [7, 11) is -2.40.